The van der Waals surface area contributed by atoms with Crippen LogP contribution in [0.15, 0.2) is 41.3 Å². The molecule has 0 unspecified atom stereocenters. The van der Waals surface area contributed by atoms with Crippen molar-refractivity contribution >= 4 is 50.6 Å². The van der Waals surface area contributed by atoms with Crippen molar-refractivity contribution in [2.45, 2.75) is 30.2 Å². The van der Waals surface area contributed by atoms with Crippen molar-refractivity contribution in [1.82, 2.24) is 9.97 Å². The van der Waals surface area contributed by atoms with Gasteiger partial charge in [0.2, 0.25) is 0 Å². The van der Waals surface area contributed by atoms with E-state index in [0.29, 0.717) is 21.3 Å². The number of aromatic nitrogens is 2. The minimum Gasteiger partial charge on any atom is -0.481 e. The Labute approximate surface area is 192 Å². The molecule has 4 nitrogen and oxygen atoms in total. The smallest absolute Gasteiger partial charge is 0.419 e. The molecule has 0 radical (unpaired) electrons. The van der Waals surface area contributed by atoms with Gasteiger partial charge in [-0.2, -0.15) is 13.2 Å². The second kappa shape index (κ2) is 8.80. The van der Waals surface area contributed by atoms with E-state index in [2.05, 4.69) is 9.97 Å². The molecular weight excluding hydrogens is 484 g/mol. The number of thioether (sulfide) groups is 1. The molecule has 0 bridgehead atoms. The predicted octanol–water partition coefficient (Wildman–Crippen LogP) is 6.81. The van der Waals surface area contributed by atoms with Gasteiger partial charge < -0.3 is 5.11 Å². The van der Waals surface area contributed by atoms with E-state index >= 15 is 0 Å². The number of carbonyl (C=O) groups is 1. The molecule has 2 aromatic heterocycles. The number of thiazole rings is 2. The highest BCUT2D eigenvalue weighted by Crippen LogP contribution is 2.38. The van der Waals surface area contributed by atoms with Crippen LogP contribution in [0.1, 0.15) is 21.1 Å². The molecule has 4 rings (SSSR count). The van der Waals surface area contributed by atoms with E-state index in [9.17, 15) is 22.4 Å². The Morgan fingerprint density at radius 2 is 1.94 bits per heavy atom. The number of aryl methyl sites for hydroxylation is 1. The van der Waals surface area contributed by atoms with Gasteiger partial charge in [0, 0.05) is 21.1 Å². The van der Waals surface area contributed by atoms with Crippen LogP contribution in [-0.2, 0) is 23.1 Å². The third kappa shape index (κ3) is 4.79. The Kier molecular flexibility index (Phi) is 6.24. The maximum absolute atomic E-state index is 13.9. The molecule has 0 aliphatic rings. The van der Waals surface area contributed by atoms with Crippen LogP contribution in [0, 0.1) is 12.7 Å². The molecule has 32 heavy (non-hydrogen) atoms. The third-order valence-corrected chi connectivity index (χ3v) is 8.21. The molecule has 0 aliphatic carbocycles. The average Bonchev–Trinajstić information content (AvgIpc) is 3.27. The molecule has 0 spiro atoms. The monoisotopic (exact) mass is 498 g/mol. The standard InChI is InChI=1S/C21H14F4N2O2S3/c1-10-16(31-20(26-10)11-5-6-12(13(22)7-11)21(23,24)25)9-30-15-4-2-3-14-19(15)32-17(27-14)8-18(28)29/h2-7H,8-9H2,1H3,(H,28,29). The average molecular weight is 499 g/mol. The lowest BCUT2D eigenvalue weighted by atomic mass is 10.1. The first-order valence-corrected chi connectivity index (χ1v) is 11.8. The highest BCUT2D eigenvalue weighted by Gasteiger charge is 2.34. The molecular formula is C21H14F4N2O2S3. The van der Waals surface area contributed by atoms with Crippen LogP contribution < -0.4 is 0 Å². The number of nitrogens with zero attached hydrogens (tertiary/aromatic N) is 2. The van der Waals surface area contributed by atoms with Crippen LogP contribution >= 0.6 is 34.4 Å². The molecule has 1 N–H and O–H groups in total. The van der Waals surface area contributed by atoms with Gasteiger partial charge in [-0.05, 0) is 31.2 Å². The normalized spacial score (nSPS) is 11.9. The van der Waals surface area contributed by atoms with Crippen LogP contribution in [-0.4, -0.2) is 21.0 Å². The van der Waals surface area contributed by atoms with Crippen molar-refractivity contribution in [1.29, 1.82) is 0 Å². The van der Waals surface area contributed by atoms with E-state index in [1.54, 1.807) is 6.92 Å². The fourth-order valence-corrected chi connectivity index (χ4v) is 6.43. The molecule has 4 aromatic rings. The number of rotatable bonds is 6. The third-order valence-electron chi connectivity index (χ3n) is 4.50. The van der Waals surface area contributed by atoms with Crippen LogP contribution in [0.4, 0.5) is 17.6 Å². The van der Waals surface area contributed by atoms with Crippen molar-refractivity contribution in [2.24, 2.45) is 0 Å². The maximum Gasteiger partial charge on any atom is 0.419 e. The molecule has 0 atom stereocenters. The summed E-state index contributed by atoms with van der Waals surface area (Å²) < 4.78 is 53.2. The van der Waals surface area contributed by atoms with Gasteiger partial charge in [-0.1, -0.05) is 12.1 Å². The second-order valence-corrected chi connectivity index (χ2v) is 9.98. The Morgan fingerprint density at radius 3 is 2.62 bits per heavy atom. The summed E-state index contributed by atoms with van der Waals surface area (Å²) in [6, 6.07) is 8.43. The number of benzene rings is 2. The minimum absolute atomic E-state index is 0.134. The van der Waals surface area contributed by atoms with Gasteiger partial charge in [0.1, 0.15) is 15.8 Å². The molecule has 0 amide bonds. The molecule has 0 saturated heterocycles. The van der Waals surface area contributed by atoms with E-state index in [1.165, 1.54) is 40.5 Å². The molecule has 2 heterocycles. The number of carboxylic acid groups (broad SMARTS) is 1. The molecule has 0 fully saturated rings. The van der Waals surface area contributed by atoms with Crippen molar-refractivity contribution in [2.75, 3.05) is 0 Å². The Hall–Kier alpha value is -2.50. The number of fused-ring (bicyclic) bond motifs is 1. The van der Waals surface area contributed by atoms with Crippen molar-refractivity contribution < 1.29 is 27.5 Å². The summed E-state index contributed by atoms with van der Waals surface area (Å²) in [6.45, 7) is 1.80. The van der Waals surface area contributed by atoms with Crippen molar-refractivity contribution in [3.63, 3.8) is 0 Å². The van der Waals surface area contributed by atoms with Gasteiger partial charge in [-0.15, -0.1) is 34.4 Å². The second-order valence-electron chi connectivity index (χ2n) is 6.79. The molecule has 2 aromatic carbocycles. The summed E-state index contributed by atoms with van der Waals surface area (Å²) in [5, 5.41) is 9.97. The molecule has 11 heteroatoms. The highest BCUT2D eigenvalue weighted by molar-refractivity contribution is 7.99. The largest absolute Gasteiger partial charge is 0.481 e. The van der Waals surface area contributed by atoms with Gasteiger partial charge in [0.05, 0.1) is 27.9 Å². The van der Waals surface area contributed by atoms with Crippen LogP contribution in [0.5, 0.6) is 0 Å². The van der Waals surface area contributed by atoms with Gasteiger partial charge >= 0.3 is 12.1 Å². The first-order chi connectivity index (χ1) is 15.1. The number of carboxylic acids is 1. The van der Waals surface area contributed by atoms with Gasteiger partial charge in [-0.25, -0.2) is 14.4 Å². The number of hydrogen-bond donors (Lipinski definition) is 1. The van der Waals surface area contributed by atoms with Crippen LogP contribution in [0.2, 0.25) is 0 Å². The van der Waals surface area contributed by atoms with Crippen molar-refractivity contribution in [3.8, 4) is 10.6 Å². The summed E-state index contributed by atoms with van der Waals surface area (Å²) >= 11 is 4.18. The number of hydrogen-bond acceptors (Lipinski definition) is 6. The number of halogens is 4. The van der Waals surface area contributed by atoms with E-state index < -0.39 is 23.5 Å². The highest BCUT2D eigenvalue weighted by atomic mass is 32.2. The SMILES string of the molecule is Cc1nc(-c2ccc(C(F)(F)F)c(F)c2)sc1CSc1cccc2nc(CC(=O)O)sc12. The molecule has 0 saturated carbocycles. The number of alkyl halides is 3. The zero-order valence-electron chi connectivity index (χ0n) is 16.4. The van der Waals surface area contributed by atoms with Gasteiger partial charge in [-0.3, -0.25) is 4.79 Å². The van der Waals surface area contributed by atoms with E-state index in [0.717, 1.165) is 37.8 Å². The van der Waals surface area contributed by atoms with E-state index in [4.69, 9.17) is 5.11 Å². The van der Waals surface area contributed by atoms with Crippen LogP contribution in [0.3, 0.4) is 0 Å². The Bertz CT molecular complexity index is 1310. The van der Waals surface area contributed by atoms with E-state index in [1.807, 2.05) is 18.2 Å². The lowest BCUT2D eigenvalue weighted by Gasteiger charge is -2.08. The minimum atomic E-state index is -4.74. The summed E-state index contributed by atoms with van der Waals surface area (Å²) in [7, 11) is 0. The first-order valence-electron chi connectivity index (χ1n) is 9.18. The summed E-state index contributed by atoms with van der Waals surface area (Å²) in [6.07, 6.45) is -4.88. The molecule has 0 aliphatic heterocycles. The lowest BCUT2D eigenvalue weighted by Crippen LogP contribution is -2.07. The zero-order valence-corrected chi connectivity index (χ0v) is 18.8. The Balaban J connectivity index is 1.55. The van der Waals surface area contributed by atoms with Gasteiger partial charge in [0.15, 0.2) is 0 Å². The van der Waals surface area contributed by atoms with Crippen molar-refractivity contribution in [3.05, 3.63) is 63.4 Å². The predicted molar refractivity (Wildman–Crippen MR) is 118 cm³/mol. The summed E-state index contributed by atoms with van der Waals surface area (Å²) in [5.74, 6) is -1.71. The summed E-state index contributed by atoms with van der Waals surface area (Å²) in [5.41, 5.74) is 0.451. The van der Waals surface area contributed by atoms with E-state index in [-0.39, 0.29) is 6.42 Å². The zero-order chi connectivity index (χ0) is 23.0. The fraction of sp³-hybridized carbons (Fsp3) is 0.190. The summed E-state index contributed by atoms with van der Waals surface area (Å²) in [4.78, 5) is 21.6. The van der Waals surface area contributed by atoms with Gasteiger partial charge in [0.25, 0.3) is 0 Å². The Morgan fingerprint density at radius 1 is 1.16 bits per heavy atom. The topological polar surface area (TPSA) is 63.1 Å². The first kappa shape index (κ1) is 22.7. The maximum atomic E-state index is 13.9. The number of aliphatic carboxylic acids is 1. The quantitative estimate of drug-likeness (QED) is 0.234. The molecule has 166 valence electrons. The van der Waals surface area contributed by atoms with Crippen LogP contribution in [0.25, 0.3) is 20.8 Å². The lowest BCUT2D eigenvalue weighted by molar-refractivity contribution is -0.140. The fourth-order valence-electron chi connectivity index (χ4n) is 3.00.